The van der Waals surface area contributed by atoms with Crippen LogP contribution in [0, 0.1) is 6.92 Å². The van der Waals surface area contributed by atoms with Gasteiger partial charge in [-0.25, -0.2) is 0 Å². The average molecular weight is 280 g/mol. The first-order chi connectivity index (χ1) is 8.61. The zero-order valence-electron chi connectivity index (χ0n) is 10.9. The van der Waals surface area contributed by atoms with Crippen molar-refractivity contribution in [2.45, 2.75) is 37.5 Å². The molecule has 0 radical (unpaired) electrons. The number of thiocarbonyl (C=S) groups is 1. The number of hydrogen-bond donors (Lipinski definition) is 2. The van der Waals surface area contributed by atoms with Gasteiger partial charge < -0.3 is 11.1 Å². The molecule has 1 saturated carbocycles. The summed E-state index contributed by atoms with van der Waals surface area (Å²) >= 11 is 7.09. The van der Waals surface area contributed by atoms with Crippen molar-refractivity contribution >= 4 is 34.7 Å². The van der Waals surface area contributed by atoms with Crippen molar-refractivity contribution in [1.29, 1.82) is 0 Å². The molecule has 0 aliphatic heterocycles. The lowest BCUT2D eigenvalue weighted by atomic mass is 10.1. The molecule has 2 nitrogen and oxygen atoms in total. The van der Waals surface area contributed by atoms with Gasteiger partial charge in [0.05, 0.1) is 0 Å². The Bertz CT molecular complexity index is 445. The predicted octanol–water partition coefficient (Wildman–Crippen LogP) is 3.33. The Morgan fingerprint density at radius 1 is 1.44 bits per heavy atom. The van der Waals surface area contributed by atoms with Gasteiger partial charge in [0, 0.05) is 22.5 Å². The summed E-state index contributed by atoms with van der Waals surface area (Å²) in [5, 5.41) is 4.33. The largest absolute Gasteiger partial charge is 0.389 e. The Balaban J connectivity index is 2.20. The Hall–Kier alpha value is -0.740. The van der Waals surface area contributed by atoms with E-state index in [4.69, 9.17) is 18.0 Å². The van der Waals surface area contributed by atoms with Gasteiger partial charge in [0.25, 0.3) is 0 Å². The van der Waals surface area contributed by atoms with Crippen LogP contribution >= 0.6 is 24.0 Å². The fourth-order valence-corrected chi connectivity index (χ4v) is 3.66. The molecular weight excluding hydrogens is 260 g/mol. The minimum atomic E-state index is 0.472. The van der Waals surface area contributed by atoms with Gasteiger partial charge >= 0.3 is 0 Å². The summed E-state index contributed by atoms with van der Waals surface area (Å²) in [6.45, 7) is 2.06. The maximum absolute atomic E-state index is 5.81. The first kappa shape index (κ1) is 13.7. The molecule has 3 N–H and O–H groups in total. The van der Waals surface area contributed by atoms with Crippen molar-refractivity contribution in [3.05, 3.63) is 29.3 Å². The van der Waals surface area contributed by atoms with E-state index in [0.29, 0.717) is 16.3 Å². The second-order valence-electron chi connectivity index (χ2n) is 4.87. The Labute approximate surface area is 119 Å². The Morgan fingerprint density at radius 3 is 2.89 bits per heavy atom. The highest BCUT2D eigenvalue weighted by Gasteiger charge is 2.26. The van der Waals surface area contributed by atoms with Gasteiger partial charge in [-0.2, -0.15) is 11.8 Å². The van der Waals surface area contributed by atoms with E-state index in [0.717, 1.165) is 11.3 Å². The normalized spacial score (nSPS) is 23.0. The number of benzene rings is 1. The van der Waals surface area contributed by atoms with Crippen LogP contribution in [0.4, 0.5) is 5.69 Å². The second-order valence-corrected chi connectivity index (χ2v) is 6.39. The van der Waals surface area contributed by atoms with Crippen LogP contribution in [0.3, 0.4) is 0 Å². The van der Waals surface area contributed by atoms with Crippen LogP contribution in [0.15, 0.2) is 18.2 Å². The Kier molecular flexibility index (Phi) is 4.51. The van der Waals surface area contributed by atoms with Crippen LogP contribution in [0.2, 0.25) is 0 Å². The van der Waals surface area contributed by atoms with Gasteiger partial charge in [0.1, 0.15) is 4.99 Å². The summed E-state index contributed by atoms with van der Waals surface area (Å²) in [7, 11) is 0. The van der Waals surface area contributed by atoms with Gasteiger partial charge in [-0.3, -0.25) is 0 Å². The van der Waals surface area contributed by atoms with Crippen LogP contribution in [-0.4, -0.2) is 22.5 Å². The summed E-state index contributed by atoms with van der Waals surface area (Å²) in [5.74, 6) is 0. The Morgan fingerprint density at radius 2 is 2.22 bits per heavy atom. The van der Waals surface area contributed by atoms with Gasteiger partial charge in [0.2, 0.25) is 0 Å². The molecular formula is C14H20N2S2. The first-order valence-electron chi connectivity index (χ1n) is 6.31. The van der Waals surface area contributed by atoms with E-state index in [9.17, 15) is 0 Å². The molecule has 2 rings (SSSR count). The van der Waals surface area contributed by atoms with Crippen LogP contribution in [0.5, 0.6) is 0 Å². The van der Waals surface area contributed by atoms with E-state index in [1.165, 1.54) is 24.8 Å². The number of anilines is 1. The maximum atomic E-state index is 5.81. The monoisotopic (exact) mass is 280 g/mol. The van der Waals surface area contributed by atoms with Gasteiger partial charge in [-0.1, -0.05) is 30.3 Å². The maximum Gasteiger partial charge on any atom is 0.106 e. The SMILES string of the molecule is CSC1CCCC1Nc1ccc(C)cc1C(N)=S. The molecule has 0 heterocycles. The molecule has 1 aromatic carbocycles. The van der Waals surface area contributed by atoms with Crippen molar-refractivity contribution in [3.63, 3.8) is 0 Å². The number of nitrogens with two attached hydrogens (primary N) is 1. The van der Waals surface area contributed by atoms with Gasteiger partial charge in [-0.15, -0.1) is 0 Å². The minimum Gasteiger partial charge on any atom is -0.389 e. The molecule has 0 amide bonds. The molecule has 0 saturated heterocycles. The molecule has 0 spiro atoms. The fraction of sp³-hybridized carbons (Fsp3) is 0.500. The minimum absolute atomic E-state index is 0.472. The molecule has 18 heavy (non-hydrogen) atoms. The van der Waals surface area contributed by atoms with Crippen molar-refractivity contribution in [2.75, 3.05) is 11.6 Å². The lowest BCUT2D eigenvalue weighted by molar-refractivity contribution is 0.768. The number of nitrogens with one attached hydrogen (secondary N) is 1. The van der Waals surface area contributed by atoms with Crippen LogP contribution < -0.4 is 11.1 Å². The van der Waals surface area contributed by atoms with Crippen LogP contribution in [0.1, 0.15) is 30.4 Å². The summed E-state index contributed by atoms with van der Waals surface area (Å²) in [6.07, 6.45) is 6.02. The van der Waals surface area contributed by atoms with Gasteiger partial charge in [0.15, 0.2) is 0 Å². The van der Waals surface area contributed by atoms with Crippen molar-refractivity contribution in [2.24, 2.45) is 5.73 Å². The van der Waals surface area contributed by atoms with E-state index >= 15 is 0 Å². The predicted molar refractivity (Wildman–Crippen MR) is 85.6 cm³/mol. The topological polar surface area (TPSA) is 38.0 Å². The molecule has 2 unspecified atom stereocenters. The smallest absolute Gasteiger partial charge is 0.106 e. The molecule has 4 heteroatoms. The average Bonchev–Trinajstić information content (AvgIpc) is 2.78. The van der Waals surface area contributed by atoms with Gasteiger partial charge in [-0.05, 0) is 38.2 Å². The summed E-state index contributed by atoms with van der Waals surface area (Å²) < 4.78 is 0. The second kappa shape index (κ2) is 5.93. The molecule has 0 aromatic heterocycles. The zero-order chi connectivity index (χ0) is 13.1. The van der Waals surface area contributed by atoms with Crippen molar-refractivity contribution < 1.29 is 0 Å². The number of aryl methyl sites for hydroxylation is 1. The van der Waals surface area contributed by atoms with E-state index in [-0.39, 0.29) is 0 Å². The molecule has 2 atom stereocenters. The third kappa shape index (κ3) is 2.98. The van der Waals surface area contributed by atoms with Crippen LogP contribution in [0.25, 0.3) is 0 Å². The quantitative estimate of drug-likeness (QED) is 0.830. The molecule has 0 bridgehead atoms. The number of rotatable bonds is 4. The van der Waals surface area contributed by atoms with Crippen molar-refractivity contribution in [1.82, 2.24) is 0 Å². The molecule has 1 aromatic rings. The number of hydrogen-bond acceptors (Lipinski definition) is 3. The fourth-order valence-electron chi connectivity index (χ4n) is 2.56. The highest BCUT2D eigenvalue weighted by atomic mass is 32.2. The zero-order valence-corrected chi connectivity index (χ0v) is 12.5. The highest BCUT2D eigenvalue weighted by Crippen LogP contribution is 2.31. The third-order valence-electron chi connectivity index (χ3n) is 3.54. The lowest BCUT2D eigenvalue weighted by Gasteiger charge is -2.22. The number of thioether (sulfide) groups is 1. The van der Waals surface area contributed by atoms with E-state index < -0.39 is 0 Å². The summed E-state index contributed by atoms with van der Waals surface area (Å²) in [5.41, 5.74) is 9.05. The van der Waals surface area contributed by atoms with E-state index in [1.54, 1.807) is 0 Å². The molecule has 1 aliphatic carbocycles. The van der Waals surface area contributed by atoms with Crippen molar-refractivity contribution in [3.8, 4) is 0 Å². The van der Waals surface area contributed by atoms with E-state index in [1.807, 2.05) is 11.8 Å². The molecule has 98 valence electrons. The first-order valence-corrected chi connectivity index (χ1v) is 8.01. The lowest BCUT2D eigenvalue weighted by Crippen LogP contribution is -2.27. The third-order valence-corrected chi connectivity index (χ3v) is 4.93. The highest BCUT2D eigenvalue weighted by molar-refractivity contribution is 7.99. The standard InChI is InChI=1S/C14H20N2S2/c1-9-6-7-11(10(8-9)14(15)17)16-12-4-3-5-13(12)18-2/h6-8,12-13,16H,3-5H2,1-2H3,(H2,15,17). The van der Waals surface area contributed by atoms with E-state index in [2.05, 4.69) is 36.7 Å². The summed E-state index contributed by atoms with van der Waals surface area (Å²) in [6, 6.07) is 6.80. The van der Waals surface area contributed by atoms with Crippen LogP contribution in [-0.2, 0) is 0 Å². The molecule has 1 aliphatic rings. The molecule has 1 fully saturated rings. The summed E-state index contributed by atoms with van der Waals surface area (Å²) in [4.78, 5) is 0.472.